The lowest BCUT2D eigenvalue weighted by Crippen LogP contribution is -2.40. The maximum absolute atomic E-state index is 12.9. The van der Waals surface area contributed by atoms with Gasteiger partial charge in [-0.1, -0.05) is 56.3 Å². The number of carbonyl (C=O) groups excluding carboxylic acids is 1. The van der Waals surface area contributed by atoms with Crippen molar-refractivity contribution in [1.29, 1.82) is 0 Å². The van der Waals surface area contributed by atoms with E-state index in [4.69, 9.17) is 4.74 Å². The van der Waals surface area contributed by atoms with Gasteiger partial charge in [-0.3, -0.25) is 0 Å². The van der Waals surface area contributed by atoms with Crippen molar-refractivity contribution in [2.24, 2.45) is 7.05 Å². The number of benzene rings is 2. The van der Waals surface area contributed by atoms with E-state index in [1.165, 1.54) is 5.56 Å². The molecule has 2 N–H and O–H groups in total. The number of urea groups is 1. The van der Waals surface area contributed by atoms with Crippen LogP contribution in [0.25, 0.3) is 0 Å². The number of amides is 2. The van der Waals surface area contributed by atoms with Gasteiger partial charge in [0.15, 0.2) is 0 Å². The van der Waals surface area contributed by atoms with E-state index in [2.05, 4.69) is 53.7 Å². The van der Waals surface area contributed by atoms with E-state index in [1.54, 1.807) is 13.3 Å². The minimum atomic E-state index is -0.448. The standard InChI is InChI=1S/C24H30N4O2/c1-16(2)18-10-12-19(13-11-18)17(3)26-24(29)27-22(23-25-14-15-28(23)4)20-8-6-7-9-21(20)30-5/h6-17,22H,1-5H3,(H2,26,27,29). The minimum absolute atomic E-state index is 0.133. The summed E-state index contributed by atoms with van der Waals surface area (Å²) in [6.45, 7) is 6.31. The van der Waals surface area contributed by atoms with Gasteiger partial charge in [0.25, 0.3) is 0 Å². The van der Waals surface area contributed by atoms with Gasteiger partial charge in [0.05, 0.1) is 13.2 Å². The third-order valence-electron chi connectivity index (χ3n) is 5.29. The first-order valence-electron chi connectivity index (χ1n) is 10.2. The Labute approximate surface area is 178 Å². The Balaban J connectivity index is 1.79. The first kappa shape index (κ1) is 21.4. The van der Waals surface area contributed by atoms with E-state index >= 15 is 0 Å². The summed E-state index contributed by atoms with van der Waals surface area (Å²) in [4.78, 5) is 17.3. The van der Waals surface area contributed by atoms with Gasteiger partial charge in [0.1, 0.15) is 17.6 Å². The maximum atomic E-state index is 12.9. The second-order valence-corrected chi connectivity index (χ2v) is 7.73. The van der Waals surface area contributed by atoms with Crippen LogP contribution in [-0.2, 0) is 7.05 Å². The number of carbonyl (C=O) groups is 1. The van der Waals surface area contributed by atoms with Gasteiger partial charge >= 0.3 is 6.03 Å². The molecule has 2 unspecified atom stereocenters. The van der Waals surface area contributed by atoms with Crippen LogP contribution in [0.4, 0.5) is 4.79 Å². The Morgan fingerprint density at radius 3 is 2.27 bits per heavy atom. The van der Waals surface area contributed by atoms with Crippen LogP contribution in [0.3, 0.4) is 0 Å². The number of imidazole rings is 1. The highest BCUT2D eigenvalue weighted by atomic mass is 16.5. The SMILES string of the molecule is COc1ccccc1C(NC(=O)NC(C)c1ccc(C(C)C)cc1)c1nccn1C. The lowest BCUT2D eigenvalue weighted by Gasteiger charge is -2.23. The van der Waals surface area contributed by atoms with Gasteiger partial charge < -0.3 is 19.9 Å². The first-order valence-corrected chi connectivity index (χ1v) is 10.2. The molecular weight excluding hydrogens is 376 g/mol. The highest BCUT2D eigenvalue weighted by Gasteiger charge is 2.24. The normalized spacial score (nSPS) is 13.0. The molecule has 158 valence electrons. The molecule has 2 atom stereocenters. The molecule has 1 aromatic heterocycles. The molecule has 0 aliphatic carbocycles. The zero-order valence-electron chi connectivity index (χ0n) is 18.2. The lowest BCUT2D eigenvalue weighted by molar-refractivity contribution is 0.235. The number of hydrogen-bond acceptors (Lipinski definition) is 3. The molecule has 0 fully saturated rings. The second kappa shape index (κ2) is 9.48. The molecule has 0 saturated heterocycles. The summed E-state index contributed by atoms with van der Waals surface area (Å²) < 4.78 is 7.41. The molecule has 0 radical (unpaired) electrons. The van der Waals surface area contributed by atoms with Crippen molar-refractivity contribution in [3.8, 4) is 5.75 Å². The number of methoxy groups -OCH3 is 1. The summed E-state index contributed by atoms with van der Waals surface area (Å²) in [5, 5.41) is 6.10. The summed E-state index contributed by atoms with van der Waals surface area (Å²) in [7, 11) is 3.53. The smallest absolute Gasteiger partial charge is 0.316 e. The maximum Gasteiger partial charge on any atom is 0.316 e. The molecule has 2 amide bonds. The van der Waals surface area contributed by atoms with Crippen LogP contribution in [0.2, 0.25) is 0 Å². The second-order valence-electron chi connectivity index (χ2n) is 7.73. The lowest BCUT2D eigenvalue weighted by atomic mass is 10.00. The summed E-state index contributed by atoms with van der Waals surface area (Å²) in [5.74, 6) is 1.90. The molecule has 0 spiro atoms. The van der Waals surface area contributed by atoms with Gasteiger partial charge in [-0.2, -0.15) is 0 Å². The average molecular weight is 407 g/mol. The molecule has 6 heteroatoms. The predicted octanol–water partition coefficient (Wildman–Crippen LogP) is 4.70. The summed E-state index contributed by atoms with van der Waals surface area (Å²) in [6.07, 6.45) is 3.58. The van der Waals surface area contributed by atoms with Crippen molar-refractivity contribution >= 4 is 6.03 Å². The monoisotopic (exact) mass is 406 g/mol. The van der Waals surface area contributed by atoms with Crippen LogP contribution in [0, 0.1) is 0 Å². The van der Waals surface area contributed by atoms with E-state index in [-0.39, 0.29) is 12.1 Å². The van der Waals surface area contributed by atoms with Gasteiger partial charge in [0, 0.05) is 25.0 Å². The number of ether oxygens (including phenoxy) is 1. The molecule has 6 nitrogen and oxygen atoms in total. The summed E-state index contributed by atoms with van der Waals surface area (Å²) >= 11 is 0. The van der Waals surface area contributed by atoms with Crippen molar-refractivity contribution in [3.63, 3.8) is 0 Å². The fourth-order valence-corrected chi connectivity index (χ4v) is 3.46. The molecule has 0 aliphatic rings. The average Bonchev–Trinajstić information content (AvgIpc) is 3.17. The Bertz CT molecular complexity index is 979. The minimum Gasteiger partial charge on any atom is -0.496 e. The molecule has 0 saturated carbocycles. The van der Waals surface area contributed by atoms with Crippen molar-refractivity contribution < 1.29 is 9.53 Å². The Morgan fingerprint density at radius 2 is 1.67 bits per heavy atom. The zero-order chi connectivity index (χ0) is 21.7. The number of para-hydroxylation sites is 1. The van der Waals surface area contributed by atoms with Crippen LogP contribution < -0.4 is 15.4 Å². The van der Waals surface area contributed by atoms with E-state index in [0.29, 0.717) is 11.7 Å². The summed E-state index contributed by atoms with van der Waals surface area (Å²) in [6, 6.07) is 15.1. The van der Waals surface area contributed by atoms with Gasteiger partial charge in [-0.05, 0) is 30.0 Å². The van der Waals surface area contributed by atoms with E-state index in [1.807, 2.05) is 49.0 Å². The molecule has 3 rings (SSSR count). The van der Waals surface area contributed by atoms with Crippen LogP contribution in [-0.4, -0.2) is 22.7 Å². The number of aromatic nitrogens is 2. The molecule has 1 heterocycles. The highest BCUT2D eigenvalue weighted by molar-refractivity contribution is 5.75. The zero-order valence-corrected chi connectivity index (χ0v) is 18.2. The van der Waals surface area contributed by atoms with Crippen molar-refractivity contribution in [2.45, 2.75) is 38.8 Å². The van der Waals surface area contributed by atoms with Crippen molar-refractivity contribution in [2.75, 3.05) is 7.11 Å². The molecule has 0 aliphatic heterocycles. The highest BCUT2D eigenvalue weighted by Crippen LogP contribution is 2.29. The van der Waals surface area contributed by atoms with Crippen LogP contribution in [0.15, 0.2) is 60.9 Å². The van der Waals surface area contributed by atoms with Crippen molar-refractivity contribution in [3.05, 3.63) is 83.4 Å². The van der Waals surface area contributed by atoms with Gasteiger partial charge in [-0.15, -0.1) is 0 Å². The number of aryl methyl sites for hydroxylation is 1. The Morgan fingerprint density at radius 1 is 1.00 bits per heavy atom. The third-order valence-corrected chi connectivity index (χ3v) is 5.29. The Kier molecular flexibility index (Phi) is 6.77. The van der Waals surface area contributed by atoms with Gasteiger partial charge in [-0.25, -0.2) is 9.78 Å². The molecule has 2 aromatic carbocycles. The largest absolute Gasteiger partial charge is 0.496 e. The quantitative estimate of drug-likeness (QED) is 0.597. The van der Waals surface area contributed by atoms with E-state index < -0.39 is 6.04 Å². The molecular formula is C24H30N4O2. The Hall–Kier alpha value is -3.28. The molecule has 3 aromatic rings. The molecule has 30 heavy (non-hydrogen) atoms. The number of nitrogens with zero attached hydrogens (tertiary/aromatic N) is 2. The van der Waals surface area contributed by atoms with Crippen LogP contribution in [0.1, 0.15) is 61.3 Å². The third kappa shape index (κ3) is 4.82. The van der Waals surface area contributed by atoms with Crippen LogP contribution >= 0.6 is 0 Å². The number of hydrogen-bond donors (Lipinski definition) is 2. The molecule has 0 bridgehead atoms. The van der Waals surface area contributed by atoms with E-state index in [9.17, 15) is 4.79 Å². The number of rotatable bonds is 7. The topological polar surface area (TPSA) is 68.2 Å². The first-order chi connectivity index (χ1) is 14.4. The van der Waals surface area contributed by atoms with E-state index in [0.717, 1.165) is 17.0 Å². The number of nitrogens with one attached hydrogen (secondary N) is 2. The summed E-state index contributed by atoms with van der Waals surface area (Å²) in [5.41, 5.74) is 3.18. The van der Waals surface area contributed by atoms with Gasteiger partial charge in [0.2, 0.25) is 0 Å². The van der Waals surface area contributed by atoms with Crippen LogP contribution in [0.5, 0.6) is 5.75 Å². The fourth-order valence-electron chi connectivity index (χ4n) is 3.46. The van der Waals surface area contributed by atoms with Crippen molar-refractivity contribution in [1.82, 2.24) is 20.2 Å². The fraction of sp³-hybridized carbons (Fsp3) is 0.333. The predicted molar refractivity (Wildman–Crippen MR) is 119 cm³/mol.